The molecule has 0 aliphatic carbocycles. The zero-order chi connectivity index (χ0) is 20.8. The molecule has 1 fully saturated rings. The van der Waals surface area contributed by atoms with Crippen molar-refractivity contribution in [2.24, 2.45) is 0 Å². The van der Waals surface area contributed by atoms with Gasteiger partial charge in [0.05, 0.1) is 26.2 Å². The van der Waals surface area contributed by atoms with Gasteiger partial charge in [-0.3, -0.25) is 4.79 Å². The average Bonchev–Trinajstić information content (AvgIpc) is 3.04. The summed E-state index contributed by atoms with van der Waals surface area (Å²) in [6.45, 7) is 6.95. The van der Waals surface area contributed by atoms with Gasteiger partial charge in [-0.1, -0.05) is 36.4 Å². The number of carbonyl (C=O) groups is 2. The van der Waals surface area contributed by atoms with Crippen LogP contribution < -0.4 is 20.4 Å². The van der Waals surface area contributed by atoms with Crippen LogP contribution in [0.2, 0.25) is 0 Å². The van der Waals surface area contributed by atoms with Crippen molar-refractivity contribution in [1.29, 1.82) is 0 Å². The molecule has 29 heavy (non-hydrogen) atoms. The fourth-order valence-corrected chi connectivity index (χ4v) is 3.61. The van der Waals surface area contributed by atoms with Crippen LogP contribution in [0.25, 0.3) is 0 Å². The molecule has 0 saturated carbocycles. The zero-order valence-electron chi connectivity index (χ0n) is 17.5. The largest absolute Gasteiger partial charge is 0.333 e. The fraction of sp³-hybridized carbons (Fsp3) is 0.391. The van der Waals surface area contributed by atoms with Crippen LogP contribution in [0.4, 0.5) is 10.5 Å². The number of quaternary nitrogens is 1. The van der Waals surface area contributed by atoms with Crippen LogP contribution in [0.3, 0.4) is 0 Å². The molecule has 6 nitrogen and oxygen atoms in total. The summed E-state index contributed by atoms with van der Waals surface area (Å²) in [7, 11) is 2.11. The van der Waals surface area contributed by atoms with Gasteiger partial charge in [-0.05, 0) is 37.1 Å². The highest BCUT2D eigenvalue weighted by Gasteiger charge is 2.31. The van der Waals surface area contributed by atoms with Crippen molar-refractivity contribution in [3.63, 3.8) is 0 Å². The second-order valence-corrected chi connectivity index (χ2v) is 7.94. The molecule has 3 amide bonds. The van der Waals surface area contributed by atoms with Gasteiger partial charge in [-0.25, -0.2) is 4.79 Å². The van der Waals surface area contributed by atoms with Gasteiger partial charge < -0.3 is 20.4 Å². The minimum Gasteiger partial charge on any atom is -0.333 e. The molecule has 1 unspecified atom stereocenters. The normalized spacial score (nSPS) is 17.3. The smallest absolute Gasteiger partial charge is 0.315 e. The topological polar surface area (TPSA) is 65.9 Å². The van der Waals surface area contributed by atoms with Crippen molar-refractivity contribution in [3.05, 3.63) is 65.2 Å². The van der Waals surface area contributed by atoms with E-state index in [-0.39, 0.29) is 18.0 Å². The summed E-state index contributed by atoms with van der Waals surface area (Å²) in [5, 5.41) is 5.85. The fourth-order valence-electron chi connectivity index (χ4n) is 3.61. The van der Waals surface area contributed by atoms with Gasteiger partial charge in [0.15, 0.2) is 0 Å². The summed E-state index contributed by atoms with van der Waals surface area (Å²) in [4.78, 5) is 27.7. The molecule has 3 rings (SSSR count). The second-order valence-electron chi connectivity index (χ2n) is 7.94. The Morgan fingerprint density at radius 1 is 1.14 bits per heavy atom. The van der Waals surface area contributed by atoms with Crippen molar-refractivity contribution in [2.45, 2.75) is 32.9 Å². The maximum atomic E-state index is 12.4. The Balaban J connectivity index is 1.41. The Bertz CT molecular complexity index is 853. The number of anilines is 1. The summed E-state index contributed by atoms with van der Waals surface area (Å²) in [6, 6.07) is 16.0. The number of rotatable bonds is 7. The molecule has 1 heterocycles. The minimum absolute atomic E-state index is 0.0468. The van der Waals surface area contributed by atoms with E-state index in [1.807, 2.05) is 43.3 Å². The van der Waals surface area contributed by atoms with Gasteiger partial charge in [-0.15, -0.1) is 0 Å². The van der Waals surface area contributed by atoms with E-state index in [1.165, 1.54) is 16.0 Å². The van der Waals surface area contributed by atoms with Crippen LogP contribution in [0, 0.1) is 13.8 Å². The van der Waals surface area contributed by atoms with E-state index in [2.05, 4.69) is 36.7 Å². The van der Waals surface area contributed by atoms with Gasteiger partial charge in [0, 0.05) is 24.2 Å². The van der Waals surface area contributed by atoms with Crippen LogP contribution in [-0.4, -0.2) is 44.7 Å². The van der Waals surface area contributed by atoms with E-state index in [0.29, 0.717) is 19.5 Å². The number of carbonyl (C=O) groups excluding carboxylic acids is 2. The molecule has 0 aromatic heterocycles. The van der Waals surface area contributed by atoms with Gasteiger partial charge in [0.1, 0.15) is 6.54 Å². The third-order valence-electron chi connectivity index (χ3n) is 5.45. The van der Waals surface area contributed by atoms with Crippen molar-refractivity contribution in [2.75, 3.05) is 31.6 Å². The highest BCUT2D eigenvalue weighted by molar-refractivity contribution is 5.96. The molecule has 2 aromatic rings. The Morgan fingerprint density at radius 2 is 1.90 bits per heavy atom. The lowest BCUT2D eigenvalue weighted by Gasteiger charge is -2.19. The molecule has 2 atom stereocenters. The molecule has 6 heteroatoms. The first-order valence-corrected chi connectivity index (χ1v) is 10.2. The van der Waals surface area contributed by atoms with Gasteiger partial charge in [-0.2, -0.15) is 0 Å². The number of nitrogens with one attached hydrogen (secondary N) is 3. The monoisotopic (exact) mass is 395 g/mol. The zero-order valence-corrected chi connectivity index (χ0v) is 17.5. The standard InChI is InChI=1S/C23H30N4O2/c1-17-9-10-21(13-18(17)2)27-16-20(14-22(27)28)25-23(29)24-11-12-26(3)15-19-7-5-4-6-8-19/h4-10,13,20H,11-12,14-16H2,1-3H3,(H2,24,25,29)/p+1/t20-/m0/s1. The quantitative estimate of drug-likeness (QED) is 0.664. The van der Waals surface area contributed by atoms with Gasteiger partial charge in [0.25, 0.3) is 0 Å². The summed E-state index contributed by atoms with van der Waals surface area (Å²) < 4.78 is 0. The number of hydrogen-bond donors (Lipinski definition) is 3. The molecular weight excluding hydrogens is 364 g/mol. The van der Waals surface area contributed by atoms with E-state index in [0.717, 1.165) is 24.3 Å². The molecule has 154 valence electrons. The van der Waals surface area contributed by atoms with Crippen LogP contribution in [0.5, 0.6) is 0 Å². The minimum atomic E-state index is -0.211. The first-order valence-electron chi connectivity index (χ1n) is 10.2. The van der Waals surface area contributed by atoms with Crippen molar-refractivity contribution < 1.29 is 14.5 Å². The summed E-state index contributed by atoms with van der Waals surface area (Å²) in [5.41, 5.74) is 4.54. The van der Waals surface area contributed by atoms with Crippen LogP contribution in [0.15, 0.2) is 48.5 Å². The molecular formula is C23H31N4O2+. The van der Waals surface area contributed by atoms with E-state index in [1.54, 1.807) is 4.90 Å². The Hall–Kier alpha value is -2.86. The lowest BCUT2D eigenvalue weighted by atomic mass is 10.1. The van der Waals surface area contributed by atoms with Crippen LogP contribution in [-0.2, 0) is 11.3 Å². The average molecular weight is 396 g/mol. The maximum Gasteiger partial charge on any atom is 0.315 e. The van der Waals surface area contributed by atoms with Gasteiger partial charge >= 0.3 is 6.03 Å². The van der Waals surface area contributed by atoms with E-state index in [4.69, 9.17) is 0 Å². The van der Waals surface area contributed by atoms with E-state index in [9.17, 15) is 9.59 Å². The second kappa shape index (κ2) is 9.56. The predicted molar refractivity (Wildman–Crippen MR) is 115 cm³/mol. The molecule has 0 spiro atoms. The first-order chi connectivity index (χ1) is 13.9. The first kappa shape index (κ1) is 20.9. The predicted octanol–water partition coefficient (Wildman–Crippen LogP) is 1.42. The molecule has 3 N–H and O–H groups in total. The summed E-state index contributed by atoms with van der Waals surface area (Å²) in [5.74, 6) is 0.0468. The SMILES string of the molecule is Cc1ccc(N2C[C@@H](NC(=O)NCC[NH+](C)Cc3ccccc3)CC2=O)cc1C. The van der Waals surface area contributed by atoms with Crippen LogP contribution >= 0.6 is 0 Å². The third kappa shape index (κ3) is 5.81. The Kier molecular flexibility index (Phi) is 6.88. The number of benzene rings is 2. The highest BCUT2D eigenvalue weighted by atomic mass is 16.2. The third-order valence-corrected chi connectivity index (χ3v) is 5.45. The molecule has 1 saturated heterocycles. The van der Waals surface area contributed by atoms with Crippen molar-refractivity contribution >= 4 is 17.6 Å². The van der Waals surface area contributed by atoms with Gasteiger partial charge in [0.2, 0.25) is 5.91 Å². The molecule has 0 bridgehead atoms. The lowest BCUT2D eigenvalue weighted by molar-refractivity contribution is -0.892. The maximum absolute atomic E-state index is 12.4. The number of amides is 3. The molecule has 1 aliphatic heterocycles. The van der Waals surface area contributed by atoms with Crippen molar-refractivity contribution in [3.8, 4) is 0 Å². The number of aryl methyl sites for hydroxylation is 2. The van der Waals surface area contributed by atoms with E-state index < -0.39 is 0 Å². The lowest BCUT2D eigenvalue weighted by Crippen LogP contribution is -3.08. The molecule has 2 aromatic carbocycles. The highest BCUT2D eigenvalue weighted by Crippen LogP contribution is 2.24. The number of hydrogen-bond acceptors (Lipinski definition) is 2. The molecule has 0 radical (unpaired) electrons. The van der Waals surface area contributed by atoms with E-state index >= 15 is 0 Å². The number of nitrogens with zero attached hydrogens (tertiary/aromatic N) is 1. The number of urea groups is 1. The summed E-state index contributed by atoms with van der Waals surface area (Å²) in [6.07, 6.45) is 0.333. The van der Waals surface area contributed by atoms with Crippen LogP contribution in [0.1, 0.15) is 23.1 Å². The summed E-state index contributed by atoms with van der Waals surface area (Å²) >= 11 is 0. The number of likely N-dealkylation sites (N-methyl/N-ethyl adjacent to an activating group) is 1. The molecule has 1 aliphatic rings. The Morgan fingerprint density at radius 3 is 2.62 bits per heavy atom. The van der Waals surface area contributed by atoms with Crippen molar-refractivity contribution in [1.82, 2.24) is 10.6 Å². The Labute approximate surface area is 172 Å².